The average Bonchev–Trinajstić information content (AvgIpc) is 3.12. The zero-order valence-corrected chi connectivity index (χ0v) is 16.8. The van der Waals surface area contributed by atoms with Crippen molar-refractivity contribution in [2.45, 2.75) is 51.3 Å². The Bertz CT molecular complexity index is 725. The fourth-order valence-corrected chi connectivity index (χ4v) is 3.74. The van der Waals surface area contributed by atoms with E-state index in [2.05, 4.69) is 15.5 Å². The zero-order valence-electron chi connectivity index (χ0n) is 16.8. The van der Waals surface area contributed by atoms with E-state index >= 15 is 0 Å². The molecule has 9 nitrogen and oxygen atoms in total. The molecule has 2 aliphatic rings. The van der Waals surface area contributed by atoms with E-state index in [-0.39, 0.29) is 23.9 Å². The maximum atomic E-state index is 8.70. The van der Waals surface area contributed by atoms with Crippen molar-refractivity contribution in [1.29, 1.82) is 10.8 Å². The van der Waals surface area contributed by atoms with Gasteiger partial charge in [0.05, 0.1) is 11.7 Å². The molecule has 0 bridgehead atoms. The van der Waals surface area contributed by atoms with E-state index in [1.54, 1.807) is 27.0 Å². The summed E-state index contributed by atoms with van der Waals surface area (Å²) >= 11 is 0. The second-order valence-electron chi connectivity index (χ2n) is 7.41. The monoisotopic (exact) mass is 390 g/mol. The lowest BCUT2D eigenvalue weighted by Gasteiger charge is -2.41. The molecule has 0 unspecified atom stereocenters. The quantitative estimate of drug-likeness (QED) is 0.499. The van der Waals surface area contributed by atoms with E-state index in [1.807, 2.05) is 4.90 Å². The average molecular weight is 390 g/mol. The lowest BCUT2D eigenvalue weighted by atomic mass is 9.97. The van der Waals surface area contributed by atoms with Gasteiger partial charge in [-0.2, -0.15) is 4.98 Å². The number of methoxy groups -OCH3 is 1. The number of aromatic nitrogens is 2. The first kappa shape index (κ1) is 20.6. The minimum absolute atomic E-state index is 0.0244. The van der Waals surface area contributed by atoms with Crippen LogP contribution in [0.25, 0.3) is 5.57 Å². The van der Waals surface area contributed by atoms with Crippen molar-refractivity contribution in [3.8, 4) is 0 Å². The topological polar surface area (TPSA) is 120 Å². The Balaban J connectivity index is 1.69. The molecule has 154 valence electrons. The Hall–Kier alpha value is -2.10. The number of aryl methyl sites for hydroxylation is 1. The Labute approximate surface area is 165 Å². The molecule has 2 atom stereocenters. The molecule has 0 spiro atoms. The number of nitrogens with one attached hydrogen (secondary N) is 3. The van der Waals surface area contributed by atoms with E-state index in [1.165, 1.54) is 0 Å². The van der Waals surface area contributed by atoms with Gasteiger partial charge in [0.1, 0.15) is 5.84 Å². The van der Waals surface area contributed by atoms with Crippen molar-refractivity contribution in [3.63, 3.8) is 0 Å². The highest BCUT2D eigenvalue weighted by Gasteiger charge is 2.33. The molecule has 0 saturated carbocycles. The third-order valence-electron chi connectivity index (χ3n) is 5.22. The Morgan fingerprint density at radius 1 is 1.29 bits per heavy atom. The van der Waals surface area contributed by atoms with Crippen LogP contribution in [0.4, 0.5) is 0 Å². The van der Waals surface area contributed by atoms with Crippen molar-refractivity contribution in [3.05, 3.63) is 17.8 Å². The summed E-state index contributed by atoms with van der Waals surface area (Å²) in [6.45, 7) is 6.33. The van der Waals surface area contributed by atoms with Crippen molar-refractivity contribution >= 4 is 17.1 Å². The van der Waals surface area contributed by atoms with E-state index in [9.17, 15) is 0 Å². The highest BCUT2D eigenvalue weighted by Crippen LogP contribution is 2.22. The number of likely N-dealkylation sites (tertiary alicyclic amines) is 1. The second kappa shape index (κ2) is 9.40. The molecule has 2 saturated heterocycles. The van der Waals surface area contributed by atoms with Gasteiger partial charge in [-0.25, -0.2) is 0 Å². The van der Waals surface area contributed by atoms with Crippen LogP contribution >= 0.6 is 0 Å². The lowest BCUT2D eigenvalue weighted by molar-refractivity contribution is 0.0114. The second-order valence-corrected chi connectivity index (χ2v) is 7.41. The molecule has 0 radical (unpaired) electrons. The van der Waals surface area contributed by atoms with Crippen LogP contribution < -0.4 is 5.32 Å². The smallest absolute Gasteiger partial charge is 0.261 e. The predicted octanol–water partition coefficient (Wildman–Crippen LogP) is 1.64. The van der Waals surface area contributed by atoms with Crippen LogP contribution in [0, 0.1) is 17.7 Å². The third kappa shape index (κ3) is 5.03. The van der Waals surface area contributed by atoms with Crippen molar-refractivity contribution < 1.29 is 14.0 Å². The van der Waals surface area contributed by atoms with Gasteiger partial charge in [-0.05, 0) is 39.2 Å². The summed E-state index contributed by atoms with van der Waals surface area (Å²) in [5, 5.41) is 24.1. The number of ether oxygens (including phenoxy) is 2. The Morgan fingerprint density at radius 2 is 2.04 bits per heavy atom. The van der Waals surface area contributed by atoms with Crippen LogP contribution in [0.5, 0.6) is 0 Å². The minimum Gasteiger partial charge on any atom is -0.381 e. The highest BCUT2D eigenvalue weighted by atomic mass is 16.5. The fourth-order valence-electron chi connectivity index (χ4n) is 3.74. The van der Waals surface area contributed by atoms with Gasteiger partial charge in [0.2, 0.25) is 0 Å². The summed E-state index contributed by atoms with van der Waals surface area (Å²) in [5.41, 5.74) is 0.800. The minimum atomic E-state index is -0.0244. The van der Waals surface area contributed by atoms with Crippen LogP contribution in [0.3, 0.4) is 0 Å². The van der Waals surface area contributed by atoms with E-state index < -0.39 is 0 Å². The molecule has 1 aromatic heterocycles. The van der Waals surface area contributed by atoms with Gasteiger partial charge in [0.15, 0.2) is 5.82 Å². The molecule has 9 heteroatoms. The highest BCUT2D eigenvalue weighted by molar-refractivity contribution is 6.23. The molecule has 28 heavy (non-hydrogen) atoms. The molecule has 0 aromatic carbocycles. The number of allylic oxidation sites excluding steroid dienone is 1. The normalized spacial score (nSPS) is 24.4. The number of hydrogen-bond acceptors (Lipinski definition) is 8. The molecule has 2 fully saturated rings. The SMILES string of the molecule is CO[C@H]1CN(C(=N)/C(=C\C(C)=N)c2nc(C)no2)CC[C@H]1NC1CCOCC1. The number of piperidine rings is 1. The molecular weight excluding hydrogens is 360 g/mol. The van der Waals surface area contributed by atoms with Gasteiger partial charge in [0.25, 0.3) is 5.89 Å². The Morgan fingerprint density at radius 3 is 2.64 bits per heavy atom. The first-order valence-corrected chi connectivity index (χ1v) is 9.76. The van der Waals surface area contributed by atoms with Gasteiger partial charge < -0.3 is 29.6 Å². The first-order chi connectivity index (χ1) is 13.5. The van der Waals surface area contributed by atoms with Gasteiger partial charge >= 0.3 is 0 Å². The summed E-state index contributed by atoms with van der Waals surface area (Å²) in [6.07, 6.45) is 4.49. The van der Waals surface area contributed by atoms with Crippen molar-refractivity contribution in [1.82, 2.24) is 20.4 Å². The summed E-state index contributed by atoms with van der Waals surface area (Å²) in [5.74, 6) is 1.05. The molecule has 3 heterocycles. The molecule has 0 amide bonds. The molecular formula is C19H30N6O3. The number of rotatable bonds is 6. The maximum absolute atomic E-state index is 8.70. The molecule has 0 aliphatic carbocycles. The molecule has 2 aliphatic heterocycles. The summed E-state index contributed by atoms with van der Waals surface area (Å²) in [6, 6.07) is 0.708. The largest absolute Gasteiger partial charge is 0.381 e. The molecule has 3 rings (SSSR count). The van der Waals surface area contributed by atoms with Crippen LogP contribution in [0.2, 0.25) is 0 Å². The standard InChI is InChI=1S/C19H30N6O3/c1-12(20)10-15(19-22-13(2)24-28-19)18(21)25-7-4-16(17(11-25)26-3)23-14-5-8-27-9-6-14/h10,14,16-17,20-21,23H,4-9,11H2,1-3H3/b15-10+,20-12?,21-18?/t16-,17+/m1/s1. The van der Waals surface area contributed by atoms with Crippen molar-refractivity contribution in [2.75, 3.05) is 33.4 Å². The number of nitrogens with zero attached hydrogens (tertiary/aromatic N) is 3. The van der Waals surface area contributed by atoms with E-state index in [0.717, 1.165) is 39.0 Å². The Kier molecular flexibility index (Phi) is 6.93. The number of hydrogen-bond donors (Lipinski definition) is 3. The first-order valence-electron chi connectivity index (χ1n) is 9.76. The lowest BCUT2D eigenvalue weighted by Crippen LogP contribution is -2.57. The third-order valence-corrected chi connectivity index (χ3v) is 5.22. The van der Waals surface area contributed by atoms with Crippen LogP contribution in [-0.2, 0) is 9.47 Å². The van der Waals surface area contributed by atoms with Gasteiger partial charge in [0, 0.05) is 51.2 Å². The van der Waals surface area contributed by atoms with Gasteiger partial charge in [-0.3, -0.25) is 5.41 Å². The summed E-state index contributed by atoms with van der Waals surface area (Å²) < 4.78 is 16.5. The van der Waals surface area contributed by atoms with E-state index in [4.69, 9.17) is 24.8 Å². The van der Waals surface area contributed by atoms with Crippen LogP contribution in [0.15, 0.2) is 10.6 Å². The maximum Gasteiger partial charge on any atom is 0.261 e. The van der Waals surface area contributed by atoms with Gasteiger partial charge in [-0.15, -0.1) is 0 Å². The fraction of sp³-hybridized carbons (Fsp3) is 0.684. The zero-order chi connectivity index (χ0) is 20.1. The van der Waals surface area contributed by atoms with E-state index in [0.29, 0.717) is 29.7 Å². The molecule has 1 aromatic rings. The number of amidine groups is 1. The predicted molar refractivity (Wildman–Crippen MR) is 106 cm³/mol. The van der Waals surface area contributed by atoms with Crippen LogP contribution in [0.1, 0.15) is 37.9 Å². The van der Waals surface area contributed by atoms with Crippen LogP contribution in [-0.4, -0.2) is 78.2 Å². The summed E-state index contributed by atoms with van der Waals surface area (Å²) in [4.78, 5) is 6.21. The summed E-state index contributed by atoms with van der Waals surface area (Å²) in [7, 11) is 1.72. The van der Waals surface area contributed by atoms with Gasteiger partial charge in [-0.1, -0.05) is 5.16 Å². The molecule has 3 N–H and O–H groups in total. The van der Waals surface area contributed by atoms with Crippen molar-refractivity contribution in [2.24, 2.45) is 0 Å².